The summed E-state index contributed by atoms with van der Waals surface area (Å²) < 4.78 is 40.0. The van der Waals surface area contributed by atoms with Crippen LogP contribution in [-0.2, 0) is 11.3 Å². The van der Waals surface area contributed by atoms with Gasteiger partial charge in [0.05, 0.1) is 5.56 Å². The molecule has 0 aliphatic heterocycles. The van der Waals surface area contributed by atoms with Crippen LogP contribution in [0.5, 0.6) is 0 Å². The molecule has 1 N–H and O–H groups in total. The third-order valence-corrected chi connectivity index (χ3v) is 4.48. The Balaban J connectivity index is 1.92. The summed E-state index contributed by atoms with van der Waals surface area (Å²) in [5.41, 5.74) is 2.50. The van der Waals surface area contributed by atoms with E-state index < -0.39 is 23.4 Å². The van der Waals surface area contributed by atoms with Crippen LogP contribution in [-0.4, -0.2) is 22.4 Å². The molecule has 1 amide bonds. The van der Waals surface area contributed by atoms with Crippen LogP contribution in [0.3, 0.4) is 0 Å². The lowest BCUT2D eigenvalue weighted by Gasteiger charge is -2.11. The SMILES string of the molecule is Cc1cccc(NC(=O)Cn2cc(C(=O)C(F)(F)F)c3ccccc32)c1C. The fourth-order valence-corrected chi connectivity index (χ4v) is 2.94. The van der Waals surface area contributed by atoms with Crippen molar-refractivity contribution in [3.63, 3.8) is 0 Å². The van der Waals surface area contributed by atoms with Gasteiger partial charge < -0.3 is 9.88 Å². The molecule has 0 fully saturated rings. The van der Waals surface area contributed by atoms with Crippen LogP contribution in [0.15, 0.2) is 48.7 Å². The molecule has 27 heavy (non-hydrogen) atoms. The number of para-hydroxylation sites is 1. The summed E-state index contributed by atoms with van der Waals surface area (Å²) in [5.74, 6) is -2.32. The van der Waals surface area contributed by atoms with Crippen molar-refractivity contribution in [2.45, 2.75) is 26.6 Å². The highest BCUT2D eigenvalue weighted by atomic mass is 19.4. The Hall–Kier alpha value is -3.09. The van der Waals surface area contributed by atoms with Gasteiger partial charge in [0.1, 0.15) is 6.54 Å². The van der Waals surface area contributed by atoms with E-state index in [0.29, 0.717) is 11.2 Å². The van der Waals surface area contributed by atoms with Gasteiger partial charge in [-0.1, -0.05) is 30.3 Å². The lowest BCUT2D eigenvalue weighted by molar-refractivity contribution is -0.116. The van der Waals surface area contributed by atoms with E-state index in [2.05, 4.69) is 5.32 Å². The summed E-state index contributed by atoms with van der Waals surface area (Å²) in [4.78, 5) is 24.1. The molecule has 0 saturated heterocycles. The quantitative estimate of drug-likeness (QED) is 0.677. The van der Waals surface area contributed by atoms with Gasteiger partial charge in [0.15, 0.2) is 0 Å². The summed E-state index contributed by atoms with van der Waals surface area (Å²) >= 11 is 0. The minimum Gasteiger partial charge on any atom is -0.337 e. The van der Waals surface area contributed by atoms with Crippen LogP contribution in [0, 0.1) is 13.8 Å². The number of carbonyl (C=O) groups is 2. The van der Waals surface area contributed by atoms with E-state index in [1.165, 1.54) is 10.6 Å². The van der Waals surface area contributed by atoms with Crippen LogP contribution in [0.2, 0.25) is 0 Å². The Morgan fingerprint density at radius 3 is 2.44 bits per heavy atom. The van der Waals surface area contributed by atoms with Gasteiger partial charge in [-0.05, 0) is 37.1 Å². The summed E-state index contributed by atoms with van der Waals surface area (Å²) in [6.07, 6.45) is -3.89. The molecule has 4 nitrogen and oxygen atoms in total. The second-order valence-electron chi connectivity index (χ2n) is 6.31. The van der Waals surface area contributed by atoms with E-state index in [1.54, 1.807) is 24.3 Å². The van der Waals surface area contributed by atoms with Crippen molar-refractivity contribution in [2.24, 2.45) is 0 Å². The molecule has 7 heteroatoms. The lowest BCUT2D eigenvalue weighted by Crippen LogP contribution is -2.22. The number of halogens is 3. The van der Waals surface area contributed by atoms with E-state index in [9.17, 15) is 22.8 Å². The number of hydrogen-bond donors (Lipinski definition) is 1. The van der Waals surface area contributed by atoms with Crippen molar-refractivity contribution in [3.05, 3.63) is 65.4 Å². The predicted molar refractivity (Wildman–Crippen MR) is 96.9 cm³/mol. The molecule has 3 aromatic rings. The van der Waals surface area contributed by atoms with Crippen molar-refractivity contribution in [3.8, 4) is 0 Å². The second-order valence-corrected chi connectivity index (χ2v) is 6.31. The van der Waals surface area contributed by atoms with Gasteiger partial charge in [0.25, 0.3) is 5.78 Å². The van der Waals surface area contributed by atoms with Gasteiger partial charge in [-0.15, -0.1) is 0 Å². The Morgan fingerprint density at radius 1 is 1.04 bits per heavy atom. The second kappa shape index (κ2) is 6.90. The normalized spacial score (nSPS) is 11.6. The molecule has 0 atom stereocenters. The molecule has 0 unspecified atom stereocenters. The number of benzene rings is 2. The minimum atomic E-state index is -4.98. The number of carbonyl (C=O) groups excluding carboxylic acids is 2. The molecule has 0 bridgehead atoms. The summed E-state index contributed by atoms with van der Waals surface area (Å²) in [6, 6.07) is 11.7. The van der Waals surface area contributed by atoms with Crippen LogP contribution in [0.25, 0.3) is 10.9 Å². The predicted octanol–water partition coefficient (Wildman–Crippen LogP) is 4.64. The highest BCUT2D eigenvalue weighted by Crippen LogP contribution is 2.28. The number of aromatic nitrogens is 1. The fourth-order valence-electron chi connectivity index (χ4n) is 2.94. The molecule has 1 aromatic heterocycles. The van der Waals surface area contributed by atoms with Gasteiger partial charge >= 0.3 is 6.18 Å². The monoisotopic (exact) mass is 374 g/mol. The lowest BCUT2D eigenvalue weighted by atomic mass is 10.1. The molecule has 0 aliphatic rings. The maximum atomic E-state index is 12.9. The van der Waals surface area contributed by atoms with E-state index in [4.69, 9.17) is 0 Å². The molecular formula is C20H17F3N2O2. The van der Waals surface area contributed by atoms with Crippen molar-refractivity contribution < 1.29 is 22.8 Å². The molecule has 2 aromatic carbocycles. The van der Waals surface area contributed by atoms with E-state index >= 15 is 0 Å². The number of alkyl halides is 3. The van der Waals surface area contributed by atoms with Crippen LogP contribution < -0.4 is 5.32 Å². The van der Waals surface area contributed by atoms with Gasteiger partial charge in [-0.2, -0.15) is 13.2 Å². The molecular weight excluding hydrogens is 357 g/mol. The van der Waals surface area contributed by atoms with Crippen molar-refractivity contribution in [1.29, 1.82) is 0 Å². The van der Waals surface area contributed by atoms with Crippen LogP contribution in [0.4, 0.5) is 18.9 Å². The van der Waals surface area contributed by atoms with Gasteiger partial charge in [-0.25, -0.2) is 0 Å². The molecule has 1 heterocycles. The average Bonchev–Trinajstić information content (AvgIpc) is 2.96. The van der Waals surface area contributed by atoms with E-state index in [-0.39, 0.29) is 11.9 Å². The molecule has 0 spiro atoms. The highest BCUT2D eigenvalue weighted by molar-refractivity contribution is 6.11. The highest BCUT2D eigenvalue weighted by Gasteiger charge is 2.40. The number of hydrogen-bond acceptors (Lipinski definition) is 2. The number of aryl methyl sites for hydroxylation is 1. The average molecular weight is 374 g/mol. The van der Waals surface area contributed by atoms with Crippen molar-refractivity contribution in [2.75, 3.05) is 5.32 Å². The zero-order valence-corrected chi connectivity index (χ0v) is 14.7. The zero-order valence-electron chi connectivity index (χ0n) is 14.7. The number of rotatable bonds is 4. The summed E-state index contributed by atoms with van der Waals surface area (Å²) in [6.45, 7) is 3.58. The summed E-state index contributed by atoms with van der Waals surface area (Å²) in [7, 11) is 0. The number of nitrogens with one attached hydrogen (secondary N) is 1. The first-order chi connectivity index (χ1) is 12.7. The smallest absolute Gasteiger partial charge is 0.337 e. The maximum absolute atomic E-state index is 12.9. The Bertz CT molecular complexity index is 1040. The molecule has 0 saturated carbocycles. The zero-order chi connectivity index (χ0) is 19.8. The largest absolute Gasteiger partial charge is 0.454 e. The van der Waals surface area contributed by atoms with Crippen molar-refractivity contribution >= 4 is 28.3 Å². The number of anilines is 1. The van der Waals surface area contributed by atoms with Gasteiger partial charge in [0.2, 0.25) is 5.91 Å². The van der Waals surface area contributed by atoms with Gasteiger partial charge in [-0.3, -0.25) is 9.59 Å². The standard InChI is InChI=1S/C20H17F3N2O2/c1-12-6-5-8-16(13(12)2)24-18(26)11-25-10-15(19(27)20(21,22)23)14-7-3-4-9-17(14)25/h3-10H,11H2,1-2H3,(H,24,26). The first kappa shape index (κ1) is 18.7. The number of ketones is 1. The van der Waals surface area contributed by atoms with Gasteiger partial charge in [0, 0.05) is 22.8 Å². The first-order valence-corrected chi connectivity index (χ1v) is 8.24. The van der Waals surface area contributed by atoms with E-state index in [0.717, 1.165) is 17.3 Å². The topological polar surface area (TPSA) is 51.1 Å². The minimum absolute atomic E-state index is 0.166. The fraction of sp³-hybridized carbons (Fsp3) is 0.200. The molecule has 3 rings (SSSR count). The Morgan fingerprint density at radius 2 is 1.74 bits per heavy atom. The Kier molecular flexibility index (Phi) is 4.78. The van der Waals surface area contributed by atoms with E-state index in [1.807, 2.05) is 26.0 Å². The number of amides is 1. The van der Waals surface area contributed by atoms with Crippen LogP contribution in [0.1, 0.15) is 21.5 Å². The molecule has 140 valence electrons. The van der Waals surface area contributed by atoms with Crippen molar-refractivity contribution in [1.82, 2.24) is 4.57 Å². The Labute approximate surface area is 153 Å². The number of Topliss-reactive ketones (excluding diaryl/α,β-unsaturated/α-hetero) is 1. The molecule has 0 aliphatic carbocycles. The number of nitrogens with zero attached hydrogens (tertiary/aromatic N) is 1. The van der Waals surface area contributed by atoms with Crippen LogP contribution >= 0.6 is 0 Å². The molecule has 0 radical (unpaired) electrons. The third-order valence-electron chi connectivity index (χ3n) is 4.48. The summed E-state index contributed by atoms with van der Waals surface area (Å²) in [5, 5.41) is 2.93. The number of fused-ring (bicyclic) bond motifs is 1. The third kappa shape index (κ3) is 3.72. The maximum Gasteiger partial charge on any atom is 0.454 e. The first-order valence-electron chi connectivity index (χ1n) is 8.24.